The molecule has 2 rings (SSSR count). The molecule has 0 aromatic carbocycles. The van der Waals surface area contributed by atoms with Crippen molar-refractivity contribution in [2.75, 3.05) is 12.4 Å². The highest BCUT2D eigenvalue weighted by Gasteiger charge is 2.14. The number of rotatable bonds is 0. The summed E-state index contributed by atoms with van der Waals surface area (Å²) < 4.78 is 6.45. The Kier molecular flexibility index (Phi) is 1.71. The predicted molar refractivity (Wildman–Crippen MR) is 44.7 cm³/mol. The van der Waals surface area contributed by atoms with Gasteiger partial charge in [-0.25, -0.2) is 0 Å². The minimum atomic E-state index is 0.138. The lowest BCUT2D eigenvalue weighted by atomic mass is 10.8. The number of thioether (sulfide) groups is 1. The Morgan fingerprint density at radius 1 is 1.40 bits per heavy atom. The first-order valence-electron chi connectivity index (χ1n) is 2.76. The van der Waals surface area contributed by atoms with E-state index in [1.165, 1.54) is 22.7 Å². The molecule has 1 aromatic rings. The molecular weight excluding hydrogens is 188 g/mol. The third kappa shape index (κ3) is 1.09. The van der Waals surface area contributed by atoms with Crippen molar-refractivity contribution >= 4 is 34.4 Å². The Bertz CT molecular complexity index is 261. The predicted octanol–water partition coefficient (Wildman–Crippen LogP) is 1.65. The molecule has 0 fully saturated rings. The van der Waals surface area contributed by atoms with Crippen molar-refractivity contribution in [1.29, 1.82) is 0 Å². The van der Waals surface area contributed by atoms with Gasteiger partial charge in [0.2, 0.25) is 5.06 Å². The minimum absolute atomic E-state index is 0.138. The number of ether oxygens (including phenoxy) is 1. The van der Waals surface area contributed by atoms with Crippen LogP contribution in [0.3, 0.4) is 0 Å². The second kappa shape index (κ2) is 2.56. The van der Waals surface area contributed by atoms with E-state index in [0.29, 0.717) is 0 Å². The Hall–Kier alpha value is -0.0000000000000000278. The van der Waals surface area contributed by atoms with Gasteiger partial charge in [0.15, 0.2) is 0 Å². The van der Waals surface area contributed by atoms with E-state index >= 15 is 0 Å². The van der Waals surface area contributed by atoms with E-state index in [4.69, 9.17) is 4.74 Å². The zero-order valence-corrected chi connectivity index (χ0v) is 7.40. The summed E-state index contributed by atoms with van der Waals surface area (Å²) in [5, 5.41) is 0.825. The molecule has 0 saturated heterocycles. The van der Waals surface area contributed by atoms with Crippen molar-refractivity contribution in [3.63, 3.8) is 0 Å². The molecule has 1 aliphatic heterocycles. The molecule has 10 heavy (non-hydrogen) atoms. The van der Waals surface area contributed by atoms with Gasteiger partial charge in [-0.1, -0.05) is 11.3 Å². The molecule has 0 spiro atoms. The van der Waals surface area contributed by atoms with Gasteiger partial charge in [0, 0.05) is 5.75 Å². The molecule has 0 radical (unpaired) electrons. The van der Waals surface area contributed by atoms with Crippen LogP contribution in [0.1, 0.15) is 0 Å². The molecule has 0 amide bonds. The third-order valence-electron chi connectivity index (χ3n) is 1.07. The second-order valence-corrected chi connectivity index (χ2v) is 5.28. The molecule has 54 valence electrons. The monoisotopic (exact) mass is 192 g/mol. The summed E-state index contributed by atoms with van der Waals surface area (Å²) in [7, 11) is 0. The average molecular weight is 192 g/mol. The van der Waals surface area contributed by atoms with Gasteiger partial charge in [-0.05, 0) is 11.3 Å². The number of hydrogen-bond donors (Lipinski definition) is 0. The van der Waals surface area contributed by atoms with Crippen LogP contribution in [0.4, 0.5) is 0 Å². The van der Waals surface area contributed by atoms with Gasteiger partial charge in [-0.2, -0.15) is 0 Å². The van der Waals surface area contributed by atoms with Crippen molar-refractivity contribution in [3.05, 3.63) is 8.85 Å². The van der Waals surface area contributed by atoms with Crippen molar-refractivity contribution in [2.45, 2.75) is 4.21 Å². The molecule has 0 saturated carbocycles. The highest BCUT2D eigenvalue weighted by molar-refractivity contribution is 8.01. The summed E-state index contributed by atoms with van der Waals surface area (Å²) in [6.07, 6.45) is 0. The van der Waals surface area contributed by atoms with Gasteiger partial charge in [-0.3, -0.25) is 4.79 Å². The largest absolute Gasteiger partial charge is 0.481 e. The summed E-state index contributed by atoms with van der Waals surface area (Å²) in [5.41, 5.74) is 0. The molecule has 0 atom stereocenters. The van der Waals surface area contributed by atoms with Crippen LogP contribution in [-0.4, -0.2) is 12.4 Å². The molecule has 0 bridgehead atoms. The molecule has 2 heterocycles. The fraction of sp³-hybridized carbons (Fsp3) is 0.400. The topological polar surface area (TPSA) is 26.3 Å². The zero-order valence-electron chi connectivity index (χ0n) is 4.96. The van der Waals surface area contributed by atoms with Gasteiger partial charge >= 0.3 is 0 Å². The first-order chi connectivity index (χ1) is 4.86. The van der Waals surface area contributed by atoms with E-state index in [9.17, 15) is 4.79 Å². The molecule has 1 aliphatic rings. The summed E-state index contributed by atoms with van der Waals surface area (Å²) >= 11 is 4.21. The SMILES string of the molecule is O=c1sc2c(s1)SCCO2. The smallest absolute Gasteiger partial charge is 0.291 e. The Labute approximate surface area is 69.8 Å². The first kappa shape index (κ1) is 6.69. The van der Waals surface area contributed by atoms with Crippen LogP contribution in [0.15, 0.2) is 9.00 Å². The van der Waals surface area contributed by atoms with Gasteiger partial charge in [0.05, 0.1) is 6.61 Å². The summed E-state index contributed by atoms with van der Waals surface area (Å²) in [6, 6.07) is 0. The van der Waals surface area contributed by atoms with Gasteiger partial charge in [0.25, 0.3) is 4.06 Å². The fourth-order valence-electron chi connectivity index (χ4n) is 0.701. The van der Waals surface area contributed by atoms with Gasteiger partial charge in [-0.15, -0.1) is 11.8 Å². The fourth-order valence-corrected chi connectivity index (χ4v) is 3.97. The Morgan fingerprint density at radius 2 is 2.30 bits per heavy atom. The zero-order chi connectivity index (χ0) is 6.97. The molecule has 0 unspecified atom stereocenters. The van der Waals surface area contributed by atoms with Crippen molar-refractivity contribution < 1.29 is 4.74 Å². The summed E-state index contributed by atoms with van der Waals surface area (Å²) in [6.45, 7) is 0.740. The van der Waals surface area contributed by atoms with Crippen molar-refractivity contribution in [2.24, 2.45) is 0 Å². The van der Waals surface area contributed by atoms with E-state index in [1.54, 1.807) is 11.8 Å². The Balaban J connectivity index is 2.50. The standard InChI is InChI=1S/C5H4O2S3/c6-5-9-3-4(10-5)8-2-1-7-3/h1-2H2. The number of fused-ring (bicyclic) bond motifs is 1. The summed E-state index contributed by atoms with van der Waals surface area (Å²) in [5.74, 6) is 0.972. The van der Waals surface area contributed by atoms with Gasteiger partial charge < -0.3 is 4.74 Å². The maximum absolute atomic E-state index is 10.8. The molecule has 1 aromatic heterocycles. The normalized spacial score (nSPS) is 16.0. The van der Waals surface area contributed by atoms with Crippen LogP contribution in [0.5, 0.6) is 5.06 Å². The lowest BCUT2D eigenvalue weighted by Gasteiger charge is -2.09. The highest BCUT2D eigenvalue weighted by atomic mass is 32.2. The van der Waals surface area contributed by atoms with Crippen LogP contribution >= 0.6 is 34.4 Å². The van der Waals surface area contributed by atoms with Crippen molar-refractivity contribution in [1.82, 2.24) is 0 Å². The van der Waals surface area contributed by atoms with E-state index in [1.807, 2.05) is 0 Å². The average Bonchev–Trinajstić information content (AvgIpc) is 2.27. The minimum Gasteiger partial charge on any atom is -0.481 e. The lowest BCUT2D eigenvalue weighted by Crippen LogP contribution is -2.03. The quantitative estimate of drug-likeness (QED) is 0.625. The van der Waals surface area contributed by atoms with E-state index in [-0.39, 0.29) is 4.06 Å². The maximum Gasteiger partial charge on any atom is 0.291 e. The third-order valence-corrected chi connectivity index (χ3v) is 4.46. The van der Waals surface area contributed by atoms with Crippen LogP contribution in [0, 0.1) is 0 Å². The van der Waals surface area contributed by atoms with Crippen LogP contribution in [-0.2, 0) is 0 Å². The second-order valence-electron chi connectivity index (χ2n) is 1.73. The van der Waals surface area contributed by atoms with Crippen molar-refractivity contribution in [3.8, 4) is 5.06 Å². The molecule has 2 nitrogen and oxygen atoms in total. The molecule has 0 aliphatic carbocycles. The molecule has 5 heteroatoms. The van der Waals surface area contributed by atoms with Gasteiger partial charge in [0.1, 0.15) is 4.21 Å². The molecular formula is C5H4O2S3. The number of hydrogen-bond acceptors (Lipinski definition) is 5. The first-order valence-corrected chi connectivity index (χ1v) is 5.37. The Morgan fingerprint density at radius 3 is 3.10 bits per heavy atom. The van der Waals surface area contributed by atoms with E-state index in [2.05, 4.69) is 0 Å². The maximum atomic E-state index is 10.8. The summed E-state index contributed by atoms with van der Waals surface area (Å²) in [4.78, 5) is 10.8. The van der Waals surface area contributed by atoms with Crippen LogP contribution in [0.25, 0.3) is 0 Å². The molecule has 0 N–H and O–H groups in total. The van der Waals surface area contributed by atoms with Crippen LogP contribution < -0.4 is 8.79 Å². The van der Waals surface area contributed by atoms with E-state index < -0.39 is 0 Å². The highest BCUT2D eigenvalue weighted by Crippen LogP contribution is 2.38. The van der Waals surface area contributed by atoms with Crippen LogP contribution in [0.2, 0.25) is 0 Å². The lowest BCUT2D eigenvalue weighted by molar-refractivity contribution is 0.343. The van der Waals surface area contributed by atoms with E-state index in [0.717, 1.165) is 21.6 Å².